The van der Waals surface area contributed by atoms with Gasteiger partial charge in [-0.15, -0.1) is 0 Å². The molecule has 0 radical (unpaired) electrons. The van der Waals surface area contributed by atoms with Crippen LogP contribution in [-0.2, 0) is 6.18 Å². The van der Waals surface area contributed by atoms with Gasteiger partial charge in [-0.2, -0.15) is 13.2 Å². The average Bonchev–Trinajstić information content (AvgIpc) is 2.54. The zero-order valence-corrected chi connectivity index (χ0v) is 13.3. The van der Waals surface area contributed by atoms with E-state index in [4.69, 9.17) is 9.47 Å². The Hall–Kier alpha value is -2.50. The van der Waals surface area contributed by atoms with Crippen molar-refractivity contribution in [2.45, 2.75) is 20.0 Å². The third-order valence-electron chi connectivity index (χ3n) is 3.32. The number of hydrogen-bond donors (Lipinski definition) is 0. The van der Waals surface area contributed by atoms with Crippen molar-refractivity contribution < 1.29 is 27.4 Å². The summed E-state index contributed by atoms with van der Waals surface area (Å²) in [6.07, 6.45) is -3.73. The highest BCUT2D eigenvalue weighted by Gasteiger charge is 2.30. The van der Waals surface area contributed by atoms with Gasteiger partial charge in [-0.1, -0.05) is 12.1 Å². The van der Waals surface area contributed by atoms with E-state index in [0.29, 0.717) is 47.7 Å². The molecular formula is C18H17F3O3. The van der Waals surface area contributed by atoms with Gasteiger partial charge >= 0.3 is 6.18 Å². The number of hydrogen-bond acceptors (Lipinski definition) is 3. The minimum absolute atomic E-state index is 0.349. The number of halogens is 3. The van der Waals surface area contributed by atoms with Gasteiger partial charge in [0.2, 0.25) is 0 Å². The topological polar surface area (TPSA) is 35.5 Å². The number of carbonyl (C=O) groups is 1. The van der Waals surface area contributed by atoms with Crippen LogP contribution in [0.1, 0.15) is 29.8 Å². The van der Waals surface area contributed by atoms with Gasteiger partial charge in [-0.25, -0.2) is 0 Å². The van der Waals surface area contributed by atoms with Gasteiger partial charge in [-0.05, 0) is 43.7 Å². The molecule has 0 saturated heterocycles. The Morgan fingerprint density at radius 3 is 1.83 bits per heavy atom. The lowest BCUT2D eigenvalue weighted by Gasteiger charge is -2.17. The molecule has 0 bridgehead atoms. The minimum atomic E-state index is -4.40. The minimum Gasteiger partial charge on any atom is -0.493 e. The van der Waals surface area contributed by atoms with Crippen molar-refractivity contribution in [2.75, 3.05) is 13.2 Å². The molecule has 0 spiro atoms. The fourth-order valence-electron chi connectivity index (χ4n) is 2.33. The average molecular weight is 338 g/mol. The zero-order valence-electron chi connectivity index (χ0n) is 13.3. The summed E-state index contributed by atoms with van der Waals surface area (Å²) in [5.41, 5.74) is 0.689. The molecule has 0 aliphatic carbocycles. The molecule has 2 aromatic carbocycles. The molecule has 0 unspecified atom stereocenters. The predicted octanol–water partition coefficient (Wildman–Crippen LogP) is 4.98. The number of carbonyl (C=O) groups excluding carboxylic acids is 1. The van der Waals surface area contributed by atoms with Crippen LogP contribution < -0.4 is 9.47 Å². The molecule has 0 aromatic heterocycles. The largest absolute Gasteiger partial charge is 0.493 e. The summed E-state index contributed by atoms with van der Waals surface area (Å²) in [6, 6.07) is 7.84. The Labute approximate surface area is 138 Å². The zero-order chi connectivity index (χ0) is 17.7. The van der Waals surface area contributed by atoms with Crippen molar-refractivity contribution in [3.05, 3.63) is 47.5 Å². The fraction of sp³-hybridized carbons (Fsp3) is 0.278. The number of benzene rings is 2. The van der Waals surface area contributed by atoms with E-state index in [1.165, 1.54) is 12.1 Å². The molecule has 0 N–H and O–H groups in total. The summed E-state index contributed by atoms with van der Waals surface area (Å²) in [4.78, 5) is 11.1. The SMILES string of the molecule is CCOc1cc(C=O)cc(OCC)c1-c1ccc(C(F)(F)F)cc1. The monoisotopic (exact) mass is 338 g/mol. The molecule has 2 aromatic rings. The molecule has 0 saturated carbocycles. The first-order valence-electron chi connectivity index (χ1n) is 7.47. The van der Waals surface area contributed by atoms with Gasteiger partial charge < -0.3 is 9.47 Å². The van der Waals surface area contributed by atoms with Gasteiger partial charge in [-0.3, -0.25) is 4.79 Å². The summed E-state index contributed by atoms with van der Waals surface area (Å²) >= 11 is 0. The Kier molecular flexibility index (Phi) is 5.49. The van der Waals surface area contributed by atoms with Gasteiger partial charge in [0.15, 0.2) is 0 Å². The Bertz CT molecular complexity index is 679. The van der Waals surface area contributed by atoms with E-state index in [9.17, 15) is 18.0 Å². The summed E-state index contributed by atoms with van der Waals surface area (Å²) in [5.74, 6) is 0.788. The van der Waals surface area contributed by atoms with Crippen LogP contribution in [0.25, 0.3) is 11.1 Å². The van der Waals surface area contributed by atoms with E-state index in [-0.39, 0.29) is 0 Å². The molecule has 0 aliphatic heterocycles. The lowest BCUT2D eigenvalue weighted by Crippen LogP contribution is -2.04. The van der Waals surface area contributed by atoms with Crippen molar-refractivity contribution in [3.63, 3.8) is 0 Å². The van der Waals surface area contributed by atoms with E-state index < -0.39 is 11.7 Å². The second-order valence-electron chi connectivity index (χ2n) is 4.95. The number of alkyl halides is 3. The van der Waals surface area contributed by atoms with Crippen LogP contribution in [0.2, 0.25) is 0 Å². The highest BCUT2D eigenvalue weighted by Crippen LogP contribution is 2.40. The van der Waals surface area contributed by atoms with Gasteiger partial charge in [0, 0.05) is 5.56 Å². The maximum Gasteiger partial charge on any atom is 0.416 e. The number of ether oxygens (including phenoxy) is 2. The predicted molar refractivity (Wildman–Crippen MR) is 84.6 cm³/mol. The first kappa shape index (κ1) is 17.8. The van der Waals surface area contributed by atoms with Crippen LogP contribution in [0.4, 0.5) is 13.2 Å². The first-order chi connectivity index (χ1) is 11.4. The highest BCUT2D eigenvalue weighted by molar-refractivity contribution is 5.84. The molecule has 128 valence electrons. The Morgan fingerprint density at radius 2 is 1.46 bits per heavy atom. The third kappa shape index (κ3) is 3.88. The molecule has 6 heteroatoms. The smallest absolute Gasteiger partial charge is 0.416 e. The fourth-order valence-corrected chi connectivity index (χ4v) is 2.33. The Morgan fingerprint density at radius 1 is 0.958 bits per heavy atom. The van der Waals surface area contributed by atoms with Crippen molar-refractivity contribution >= 4 is 6.29 Å². The quantitative estimate of drug-likeness (QED) is 0.697. The molecule has 2 rings (SSSR count). The van der Waals surface area contributed by atoms with Crippen LogP contribution >= 0.6 is 0 Å². The lowest BCUT2D eigenvalue weighted by molar-refractivity contribution is -0.137. The van der Waals surface area contributed by atoms with Crippen molar-refractivity contribution in [1.29, 1.82) is 0 Å². The number of aldehydes is 1. The summed E-state index contributed by atoms with van der Waals surface area (Å²) < 4.78 is 49.3. The maximum atomic E-state index is 12.7. The van der Waals surface area contributed by atoms with Crippen molar-refractivity contribution in [1.82, 2.24) is 0 Å². The van der Waals surface area contributed by atoms with Gasteiger partial charge in [0.1, 0.15) is 17.8 Å². The molecule has 0 heterocycles. The van der Waals surface area contributed by atoms with E-state index >= 15 is 0 Å². The Balaban J connectivity index is 2.59. The van der Waals surface area contributed by atoms with E-state index in [2.05, 4.69) is 0 Å². The summed E-state index contributed by atoms with van der Waals surface area (Å²) in [6.45, 7) is 4.26. The normalized spacial score (nSPS) is 11.2. The molecule has 24 heavy (non-hydrogen) atoms. The second-order valence-corrected chi connectivity index (χ2v) is 4.95. The summed E-state index contributed by atoms with van der Waals surface area (Å²) in [5, 5.41) is 0. The second kappa shape index (κ2) is 7.38. The van der Waals surface area contributed by atoms with Crippen LogP contribution in [0.15, 0.2) is 36.4 Å². The van der Waals surface area contributed by atoms with Crippen molar-refractivity contribution in [3.8, 4) is 22.6 Å². The van der Waals surface area contributed by atoms with Gasteiger partial charge in [0.05, 0.1) is 24.3 Å². The van der Waals surface area contributed by atoms with Gasteiger partial charge in [0.25, 0.3) is 0 Å². The molecular weight excluding hydrogens is 321 g/mol. The molecule has 0 aliphatic rings. The van der Waals surface area contributed by atoms with Crippen LogP contribution in [0.3, 0.4) is 0 Å². The number of rotatable bonds is 6. The lowest BCUT2D eigenvalue weighted by atomic mass is 10.00. The molecule has 0 amide bonds. The van der Waals surface area contributed by atoms with E-state index in [1.807, 2.05) is 0 Å². The van der Waals surface area contributed by atoms with Crippen LogP contribution in [0, 0.1) is 0 Å². The van der Waals surface area contributed by atoms with E-state index in [1.54, 1.807) is 26.0 Å². The van der Waals surface area contributed by atoms with Crippen LogP contribution in [-0.4, -0.2) is 19.5 Å². The third-order valence-corrected chi connectivity index (χ3v) is 3.32. The van der Waals surface area contributed by atoms with E-state index in [0.717, 1.165) is 12.1 Å². The summed E-state index contributed by atoms with van der Waals surface area (Å²) in [7, 11) is 0. The molecule has 0 atom stereocenters. The van der Waals surface area contributed by atoms with Crippen LogP contribution in [0.5, 0.6) is 11.5 Å². The molecule has 3 nitrogen and oxygen atoms in total. The van der Waals surface area contributed by atoms with Crippen molar-refractivity contribution in [2.24, 2.45) is 0 Å². The highest BCUT2D eigenvalue weighted by atomic mass is 19.4. The maximum absolute atomic E-state index is 12.7. The first-order valence-corrected chi connectivity index (χ1v) is 7.47. The standard InChI is InChI=1S/C18H17F3O3/c1-3-23-15-9-12(11-22)10-16(24-4-2)17(15)13-5-7-14(8-6-13)18(19,20)21/h5-11H,3-4H2,1-2H3. The molecule has 0 fully saturated rings.